The summed E-state index contributed by atoms with van der Waals surface area (Å²) < 4.78 is 5.08. The maximum atomic E-state index is 11.0. The molecule has 0 bridgehead atoms. The first-order valence-corrected chi connectivity index (χ1v) is 3.62. The summed E-state index contributed by atoms with van der Waals surface area (Å²) in [4.78, 5) is 12.7. The monoisotopic (exact) mass is 168 g/mol. The van der Waals surface area contributed by atoms with Gasteiger partial charge in [0, 0.05) is 0 Å². The van der Waals surface area contributed by atoms with Crippen molar-refractivity contribution in [2.45, 2.75) is 6.04 Å². The molecule has 0 spiro atoms. The van der Waals surface area contributed by atoms with Crippen molar-refractivity contribution in [2.24, 2.45) is 5.73 Å². The lowest BCUT2D eigenvalue weighted by Crippen LogP contribution is -2.32. The molecule has 12 heavy (non-hydrogen) atoms. The molecule has 66 valence electrons. The molecule has 0 aliphatic heterocycles. The summed E-state index contributed by atoms with van der Waals surface area (Å²) in [6.45, 7) is 0. The van der Waals surface area contributed by atoms with Crippen LogP contribution in [0.3, 0.4) is 0 Å². The Morgan fingerprint density at radius 3 is 2.67 bits per heavy atom. The summed E-state index contributed by atoms with van der Waals surface area (Å²) >= 11 is 0. The number of hydrogen-bond acceptors (Lipinski definition) is 3. The first kappa shape index (κ1) is 8.80. The Labute approximate surface area is 70.9 Å². The first-order chi connectivity index (χ1) is 5.63. The van der Waals surface area contributed by atoms with Gasteiger partial charge in [0.25, 0.3) is 0 Å². The molecule has 0 aliphatic rings. The van der Waals surface area contributed by atoms with E-state index in [4.69, 9.17) is 10.2 Å². The largest absolute Gasteiger partial charge is 0.467 e. The summed E-state index contributed by atoms with van der Waals surface area (Å²) in [7, 11) is 3.55. The Kier molecular flexibility index (Phi) is 2.50. The fourth-order valence-corrected chi connectivity index (χ4v) is 1.10. The number of carbonyl (C=O) groups excluding carboxylic acids is 1. The molecule has 1 aromatic rings. The average molecular weight is 168 g/mol. The summed E-state index contributed by atoms with van der Waals surface area (Å²) in [5.41, 5.74) is 5.19. The number of hydrogen-bond donors (Lipinski definition) is 1. The van der Waals surface area contributed by atoms with Gasteiger partial charge in [-0.2, -0.15) is 0 Å². The summed E-state index contributed by atoms with van der Waals surface area (Å²) in [5.74, 6) is 0.169. The number of nitrogens with two attached hydrogens (primary N) is 1. The van der Waals surface area contributed by atoms with E-state index in [1.807, 2.05) is 0 Å². The number of rotatable bonds is 3. The predicted octanol–water partition coefficient (Wildman–Crippen LogP) is 0.368. The first-order valence-electron chi connectivity index (χ1n) is 3.62. The van der Waals surface area contributed by atoms with Crippen molar-refractivity contribution in [1.29, 1.82) is 0 Å². The normalized spacial score (nSPS) is 13.2. The van der Waals surface area contributed by atoms with Crippen molar-refractivity contribution >= 4 is 5.91 Å². The second-order valence-electron chi connectivity index (χ2n) is 2.78. The zero-order valence-corrected chi connectivity index (χ0v) is 7.15. The van der Waals surface area contributed by atoms with Gasteiger partial charge in [0.15, 0.2) is 0 Å². The Morgan fingerprint density at radius 1 is 1.67 bits per heavy atom. The molecule has 1 amide bonds. The molecule has 4 heteroatoms. The Bertz CT molecular complexity index is 254. The second-order valence-corrected chi connectivity index (χ2v) is 2.78. The molecule has 0 fully saturated rings. The molecular formula is C8H12N2O2. The maximum Gasteiger partial charge on any atom is 0.242 e. The van der Waals surface area contributed by atoms with Crippen molar-refractivity contribution in [3.63, 3.8) is 0 Å². The van der Waals surface area contributed by atoms with Gasteiger partial charge < -0.3 is 10.2 Å². The molecule has 0 saturated carbocycles. The Hall–Kier alpha value is -1.29. The van der Waals surface area contributed by atoms with E-state index in [2.05, 4.69) is 0 Å². The molecule has 2 N–H and O–H groups in total. The number of primary amides is 1. The zero-order chi connectivity index (χ0) is 9.14. The molecule has 0 aliphatic carbocycles. The van der Waals surface area contributed by atoms with E-state index >= 15 is 0 Å². The summed E-state index contributed by atoms with van der Waals surface area (Å²) in [5, 5.41) is 0. The predicted molar refractivity (Wildman–Crippen MR) is 44.3 cm³/mol. The van der Waals surface area contributed by atoms with Crippen LogP contribution < -0.4 is 5.73 Å². The van der Waals surface area contributed by atoms with Gasteiger partial charge in [-0.15, -0.1) is 0 Å². The van der Waals surface area contributed by atoms with Gasteiger partial charge in [-0.25, -0.2) is 0 Å². The zero-order valence-electron chi connectivity index (χ0n) is 7.15. The van der Waals surface area contributed by atoms with Crippen molar-refractivity contribution in [2.75, 3.05) is 14.1 Å². The highest BCUT2D eigenvalue weighted by Gasteiger charge is 2.22. The van der Waals surface area contributed by atoms with Crippen LogP contribution in [0.5, 0.6) is 0 Å². The van der Waals surface area contributed by atoms with Crippen LogP contribution in [0.1, 0.15) is 11.8 Å². The van der Waals surface area contributed by atoms with E-state index in [1.165, 1.54) is 6.26 Å². The Balaban J connectivity index is 2.88. The lowest BCUT2D eigenvalue weighted by molar-refractivity contribution is -0.123. The van der Waals surface area contributed by atoms with Crippen LogP contribution in [-0.4, -0.2) is 24.9 Å². The van der Waals surface area contributed by atoms with Gasteiger partial charge in [-0.1, -0.05) is 0 Å². The fraction of sp³-hybridized carbons (Fsp3) is 0.375. The molecule has 1 atom stereocenters. The van der Waals surface area contributed by atoms with Gasteiger partial charge in [-0.3, -0.25) is 9.69 Å². The van der Waals surface area contributed by atoms with Crippen LogP contribution >= 0.6 is 0 Å². The van der Waals surface area contributed by atoms with Crippen LogP contribution in [0.2, 0.25) is 0 Å². The fourth-order valence-electron chi connectivity index (χ4n) is 1.10. The molecule has 4 nitrogen and oxygen atoms in total. The van der Waals surface area contributed by atoms with Crippen molar-refractivity contribution in [3.05, 3.63) is 24.2 Å². The highest BCUT2D eigenvalue weighted by atomic mass is 16.3. The topological polar surface area (TPSA) is 59.5 Å². The van der Waals surface area contributed by atoms with Gasteiger partial charge in [0.2, 0.25) is 5.91 Å². The maximum absolute atomic E-state index is 11.0. The smallest absolute Gasteiger partial charge is 0.242 e. The molecule has 1 aromatic heterocycles. The minimum Gasteiger partial charge on any atom is -0.467 e. The number of likely N-dealkylation sites (N-methyl/N-ethyl adjacent to an activating group) is 1. The average Bonchev–Trinajstić information content (AvgIpc) is 2.37. The van der Waals surface area contributed by atoms with E-state index in [-0.39, 0.29) is 0 Å². The van der Waals surface area contributed by atoms with Crippen LogP contribution in [0, 0.1) is 0 Å². The quantitative estimate of drug-likeness (QED) is 0.709. The number of nitrogens with zero attached hydrogens (tertiary/aromatic N) is 1. The van der Waals surface area contributed by atoms with E-state index < -0.39 is 11.9 Å². The van der Waals surface area contributed by atoms with Crippen LogP contribution in [0.25, 0.3) is 0 Å². The van der Waals surface area contributed by atoms with Crippen LogP contribution in [-0.2, 0) is 4.79 Å². The number of amides is 1. The second kappa shape index (κ2) is 3.40. The highest BCUT2D eigenvalue weighted by Crippen LogP contribution is 2.17. The van der Waals surface area contributed by atoms with E-state index in [1.54, 1.807) is 31.1 Å². The molecule has 0 radical (unpaired) electrons. The van der Waals surface area contributed by atoms with Gasteiger partial charge in [-0.05, 0) is 26.2 Å². The van der Waals surface area contributed by atoms with Crippen molar-refractivity contribution < 1.29 is 9.21 Å². The van der Waals surface area contributed by atoms with Crippen molar-refractivity contribution in [3.8, 4) is 0 Å². The van der Waals surface area contributed by atoms with E-state index in [0.717, 1.165) is 0 Å². The highest BCUT2D eigenvalue weighted by molar-refractivity contribution is 5.80. The lowest BCUT2D eigenvalue weighted by Gasteiger charge is -2.18. The van der Waals surface area contributed by atoms with Crippen molar-refractivity contribution in [1.82, 2.24) is 4.90 Å². The number of carbonyl (C=O) groups is 1. The van der Waals surface area contributed by atoms with Crippen LogP contribution in [0.4, 0.5) is 0 Å². The van der Waals surface area contributed by atoms with Gasteiger partial charge in [0.1, 0.15) is 11.8 Å². The standard InChI is InChI=1S/C8H12N2O2/c1-10(2)7(8(9)11)6-4-3-5-12-6/h3-5,7H,1-2H3,(H2,9,11). The summed E-state index contributed by atoms with van der Waals surface area (Å²) in [6.07, 6.45) is 1.52. The third kappa shape index (κ3) is 1.65. The van der Waals surface area contributed by atoms with E-state index in [9.17, 15) is 4.79 Å². The SMILES string of the molecule is CN(C)C(C(N)=O)c1ccco1. The molecule has 1 heterocycles. The Morgan fingerprint density at radius 2 is 2.33 bits per heavy atom. The lowest BCUT2D eigenvalue weighted by atomic mass is 10.2. The van der Waals surface area contributed by atoms with Gasteiger partial charge in [0.05, 0.1) is 6.26 Å². The minimum absolute atomic E-state index is 0.407. The number of furan rings is 1. The molecule has 0 saturated heterocycles. The van der Waals surface area contributed by atoms with E-state index in [0.29, 0.717) is 5.76 Å². The summed E-state index contributed by atoms with van der Waals surface area (Å²) in [6, 6.07) is 2.99. The molecule has 1 unspecified atom stereocenters. The molecule has 0 aromatic carbocycles. The van der Waals surface area contributed by atoms with Crippen LogP contribution in [0.15, 0.2) is 22.8 Å². The molecular weight excluding hydrogens is 156 g/mol. The minimum atomic E-state index is -0.472. The third-order valence-electron chi connectivity index (χ3n) is 1.60. The van der Waals surface area contributed by atoms with Gasteiger partial charge >= 0.3 is 0 Å². The third-order valence-corrected chi connectivity index (χ3v) is 1.60. The molecule has 1 rings (SSSR count).